The van der Waals surface area contributed by atoms with Gasteiger partial charge in [-0.1, -0.05) is 47.8 Å². The Balaban J connectivity index is 5.40. The van der Waals surface area contributed by atoms with E-state index in [1.54, 1.807) is 19.9 Å². The monoisotopic (exact) mass is 488 g/mol. The highest BCUT2D eigenvalue weighted by Crippen LogP contribution is 2.32. The molecule has 0 aromatic rings. The Labute approximate surface area is 195 Å². The van der Waals surface area contributed by atoms with Crippen LogP contribution in [0.15, 0.2) is 12.7 Å². The highest BCUT2D eigenvalue weighted by Gasteiger charge is 2.41. The number of hydrogen-bond donors (Lipinski definition) is 0. The highest BCUT2D eigenvalue weighted by atomic mass is 35.6. The Morgan fingerprint density at radius 3 is 1.90 bits per heavy atom. The molecule has 0 radical (unpaired) electrons. The Hall–Kier alpha value is -0.530. The molecular weight excluding hydrogens is 455 g/mol. The summed E-state index contributed by atoms with van der Waals surface area (Å²) in [5.41, 5.74) is -0.981. The summed E-state index contributed by atoms with van der Waals surface area (Å²) < 4.78 is 20.2. The largest absolute Gasteiger partial charge is 0.508 e. The summed E-state index contributed by atoms with van der Waals surface area (Å²) in [6, 6.07) is 0. The van der Waals surface area contributed by atoms with E-state index in [0.717, 1.165) is 0 Å². The molecular formula is C21H35Cl3O6. The van der Waals surface area contributed by atoms with Gasteiger partial charge in [0.2, 0.25) is 3.79 Å². The van der Waals surface area contributed by atoms with E-state index >= 15 is 0 Å². The van der Waals surface area contributed by atoms with Crippen LogP contribution in [0.25, 0.3) is 0 Å². The second kappa shape index (κ2) is 13.1. The topological polar surface area (TPSA) is 71.1 Å². The first kappa shape index (κ1) is 29.5. The third kappa shape index (κ3) is 11.8. The van der Waals surface area contributed by atoms with Crippen molar-refractivity contribution in [1.82, 2.24) is 0 Å². The van der Waals surface area contributed by atoms with Crippen molar-refractivity contribution in [2.45, 2.75) is 89.7 Å². The first-order chi connectivity index (χ1) is 13.6. The molecule has 0 rings (SSSR count). The normalized spacial score (nSPS) is 14.7. The predicted octanol–water partition coefficient (Wildman–Crippen LogP) is 6.25. The number of carbonyl (C=O) groups excluding carboxylic acids is 2. The maximum Gasteiger partial charge on any atom is 0.508 e. The van der Waals surface area contributed by atoms with Crippen molar-refractivity contribution < 1.29 is 28.5 Å². The van der Waals surface area contributed by atoms with E-state index in [-0.39, 0.29) is 30.3 Å². The molecule has 0 spiro atoms. The molecule has 0 aromatic heterocycles. The van der Waals surface area contributed by atoms with Crippen LogP contribution in [0, 0.1) is 11.3 Å². The average molecular weight is 490 g/mol. The second-order valence-electron chi connectivity index (χ2n) is 8.36. The Morgan fingerprint density at radius 1 is 1.00 bits per heavy atom. The number of rotatable bonds is 13. The number of Topliss-reactive ketones (excluding diaryl/α,β-unsaturated/α-hetero) is 1. The van der Waals surface area contributed by atoms with Crippen LogP contribution in [0.4, 0.5) is 4.79 Å². The molecule has 0 bridgehead atoms. The second-order valence-corrected chi connectivity index (χ2v) is 10.9. The summed E-state index contributed by atoms with van der Waals surface area (Å²) in [6.45, 7) is 16.1. The SMILES string of the molecule is C=CCC(C)[C@H](CC(=O)C(C)(C)C(OC(C)C)OC(C)C)OC(=O)OCC(Cl)(Cl)Cl. The molecule has 0 heterocycles. The fourth-order valence-corrected chi connectivity index (χ4v) is 2.68. The molecule has 0 saturated heterocycles. The van der Waals surface area contributed by atoms with Crippen LogP contribution in [0.3, 0.4) is 0 Å². The fraction of sp³-hybridized carbons (Fsp3) is 0.810. The maximum absolute atomic E-state index is 13.2. The zero-order chi connectivity index (χ0) is 23.7. The number of halogens is 3. The standard InChI is InChI=1S/C21H35Cl3O6/c1-9-10-15(6)16(30-19(26)27-12-21(22,23)24)11-17(25)20(7,8)18(28-13(2)3)29-14(4)5/h9,13-16,18H,1,10-12H2,2-8H3/t15?,16-/m0/s1. The van der Waals surface area contributed by atoms with Gasteiger partial charge in [-0.05, 0) is 53.9 Å². The minimum atomic E-state index is -1.76. The van der Waals surface area contributed by atoms with Gasteiger partial charge in [-0.3, -0.25) is 4.79 Å². The summed E-state index contributed by atoms with van der Waals surface area (Å²) in [4.78, 5) is 25.3. The third-order valence-corrected chi connectivity index (χ3v) is 4.59. The molecule has 0 N–H and O–H groups in total. The van der Waals surface area contributed by atoms with Crippen LogP contribution >= 0.6 is 34.8 Å². The van der Waals surface area contributed by atoms with E-state index in [4.69, 9.17) is 53.8 Å². The van der Waals surface area contributed by atoms with E-state index in [1.165, 1.54) is 0 Å². The molecule has 2 atom stereocenters. The van der Waals surface area contributed by atoms with Crippen molar-refractivity contribution in [2.24, 2.45) is 11.3 Å². The number of carbonyl (C=O) groups is 2. The van der Waals surface area contributed by atoms with Crippen molar-refractivity contribution in [2.75, 3.05) is 6.61 Å². The molecule has 0 aromatic carbocycles. The van der Waals surface area contributed by atoms with Crippen LogP contribution in [0.5, 0.6) is 0 Å². The number of alkyl halides is 3. The maximum atomic E-state index is 13.2. The number of allylic oxidation sites excluding steroid dienone is 1. The number of ether oxygens (including phenoxy) is 4. The van der Waals surface area contributed by atoms with E-state index < -0.39 is 34.4 Å². The van der Waals surface area contributed by atoms with Gasteiger partial charge in [0.25, 0.3) is 0 Å². The third-order valence-electron chi connectivity index (χ3n) is 4.26. The number of ketones is 1. The molecule has 0 fully saturated rings. The Kier molecular flexibility index (Phi) is 12.9. The van der Waals surface area contributed by atoms with Gasteiger partial charge in [-0.2, -0.15) is 0 Å². The van der Waals surface area contributed by atoms with Crippen LogP contribution in [0.1, 0.15) is 61.3 Å². The summed E-state index contributed by atoms with van der Waals surface area (Å²) in [5.74, 6) is -0.359. The predicted molar refractivity (Wildman–Crippen MR) is 120 cm³/mol. The molecule has 0 aliphatic rings. The molecule has 176 valence electrons. The minimum Gasteiger partial charge on any atom is -0.430 e. The van der Waals surface area contributed by atoms with Gasteiger partial charge in [0.05, 0.1) is 17.6 Å². The van der Waals surface area contributed by atoms with E-state index in [2.05, 4.69) is 6.58 Å². The zero-order valence-corrected chi connectivity index (χ0v) is 21.1. The molecule has 30 heavy (non-hydrogen) atoms. The fourth-order valence-electron chi connectivity index (χ4n) is 2.52. The van der Waals surface area contributed by atoms with E-state index in [9.17, 15) is 9.59 Å². The molecule has 1 unspecified atom stereocenters. The minimum absolute atomic E-state index is 0.0513. The smallest absolute Gasteiger partial charge is 0.430 e. The lowest BCUT2D eigenvalue weighted by molar-refractivity contribution is -0.228. The summed E-state index contributed by atoms with van der Waals surface area (Å²) in [6.07, 6.45) is -0.617. The molecule has 0 saturated carbocycles. The van der Waals surface area contributed by atoms with Gasteiger partial charge in [0.15, 0.2) is 6.29 Å². The van der Waals surface area contributed by atoms with Crippen molar-refractivity contribution in [3.05, 3.63) is 12.7 Å². The molecule has 0 amide bonds. The zero-order valence-electron chi connectivity index (χ0n) is 18.9. The van der Waals surface area contributed by atoms with Crippen LogP contribution in [-0.2, 0) is 23.7 Å². The van der Waals surface area contributed by atoms with Crippen molar-refractivity contribution in [1.29, 1.82) is 0 Å². The van der Waals surface area contributed by atoms with E-state index in [1.807, 2.05) is 34.6 Å². The summed E-state index contributed by atoms with van der Waals surface area (Å²) in [7, 11) is 0. The van der Waals surface area contributed by atoms with Gasteiger partial charge < -0.3 is 18.9 Å². The van der Waals surface area contributed by atoms with Crippen LogP contribution < -0.4 is 0 Å². The van der Waals surface area contributed by atoms with Crippen LogP contribution in [-0.4, -0.2) is 46.9 Å². The Morgan fingerprint density at radius 2 is 1.50 bits per heavy atom. The van der Waals surface area contributed by atoms with Crippen molar-refractivity contribution in [3.63, 3.8) is 0 Å². The molecule has 6 nitrogen and oxygen atoms in total. The van der Waals surface area contributed by atoms with Gasteiger partial charge in [0, 0.05) is 6.42 Å². The average Bonchev–Trinajstić information content (AvgIpc) is 2.57. The highest BCUT2D eigenvalue weighted by molar-refractivity contribution is 6.67. The summed E-state index contributed by atoms with van der Waals surface area (Å²) in [5, 5.41) is 0. The Bertz CT molecular complexity index is 547. The van der Waals surface area contributed by atoms with Gasteiger partial charge in [0.1, 0.15) is 18.5 Å². The van der Waals surface area contributed by atoms with E-state index in [0.29, 0.717) is 6.42 Å². The lowest BCUT2D eigenvalue weighted by atomic mass is 9.82. The van der Waals surface area contributed by atoms with Gasteiger partial charge >= 0.3 is 6.16 Å². The van der Waals surface area contributed by atoms with Crippen LogP contribution in [0.2, 0.25) is 0 Å². The first-order valence-electron chi connectivity index (χ1n) is 9.95. The van der Waals surface area contributed by atoms with Crippen molar-refractivity contribution in [3.8, 4) is 0 Å². The quantitative estimate of drug-likeness (QED) is 0.132. The lowest BCUT2D eigenvalue weighted by Gasteiger charge is -2.36. The number of hydrogen-bond acceptors (Lipinski definition) is 6. The van der Waals surface area contributed by atoms with Gasteiger partial charge in [-0.15, -0.1) is 6.58 Å². The molecule has 9 heteroatoms. The summed E-state index contributed by atoms with van der Waals surface area (Å²) >= 11 is 16.8. The first-order valence-corrected chi connectivity index (χ1v) is 11.1. The van der Waals surface area contributed by atoms with Crippen molar-refractivity contribution >= 4 is 46.7 Å². The molecule has 0 aliphatic heterocycles. The lowest BCUT2D eigenvalue weighted by Crippen LogP contribution is -2.45. The van der Waals surface area contributed by atoms with Gasteiger partial charge in [-0.25, -0.2) is 4.79 Å². The molecule has 0 aliphatic carbocycles.